The molecule has 0 spiro atoms. The van der Waals surface area contributed by atoms with E-state index in [1.54, 1.807) is 30.5 Å². The molecule has 1 aliphatic carbocycles. The van der Waals surface area contributed by atoms with Gasteiger partial charge in [0, 0.05) is 23.6 Å². The van der Waals surface area contributed by atoms with Crippen molar-refractivity contribution in [1.82, 2.24) is 15.0 Å². The van der Waals surface area contributed by atoms with Crippen LogP contribution in [0.5, 0.6) is 5.88 Å². The lowest BCUT2D eigenvalue weighted by atomic mass is 10.0. The van der Waals surface area contributed by atoms with Crippen molar-refractivity contribution in [2.24, 2.45) is 5.92 Å². The highest BCUT2D eigenvalue weighted by molar-refractivity contribution is 7.74. The van der Waals surface area contributed by atoms with E-state index in [1.165, 1.54) is 17.6 Å². The number of pyridine rings is 2. The zero-order valence-electron chi connectivity index (χ0n) is 17.7. The lowest BCUT2D eigenvalue weighted by Crippen LogP contribution is -2.14. The van der Waals surface area contributed by atoms with Gasteiger partial charge < -0.3 is 15.0 Å². The molecule has 2 N–H and O–H groups in total. The predicted molar refractivity (Wildman–Crippen MR) is 126 cm³/mol. The fourth-order valence-corrected chi connectivity index (χ4v) is 4.28. The molecule has 0 radical (unpaired) electrons. The van der Waals surface area contributed by atoms with Gasteiger partial charge in [0.05, 0.1) is 24.7 Å². The maximum absolute atomic E-state index is 12.2. The third-order valence-corrected chi connectivity index (χ3v) is 6.28. The number of benzene rings is 1. The summed E-state index contributed by atoms with van der Waals surface area (Å²) in [4.78, 5) is 23.9. The number of fused-ring (bicyclic) bond motifs is 1. The van der Waals surface area contributed by atoms with Crippen LogP contribution in [0.25, 0.3) is 22.2 Å². The van der Waals surface area contributed by atoms with Crippen LogP contribution in [0.15, 0.2) is 60.9 Å². The third-order valence-electron chi connectivity index (χ3n) is 5.49. The Hall–Kier alpha value is -3.92. The van der Waals surface area contributed by atoms with Gasteiger partial charge in [-0.05, 0) is 54.3 Å². The summed E-state index contributed by atoms with van der Waals surface area (Å²) in [6.07, 6.45) is 5.06. The van der Waals surface area contributed by atoms with E-state index >= 15 is 0 Å². The summed E-state index contributed by atoms with van der Waals surface area (Å²) in [6.45, 7) is 0. The van der Waals surface area contributed by atoms with Crippen molar-refractivity contribution in [3.63, 3.8) is 0 Å². The van der Waals surface area contributed by atoms with Crippen LogP contribution in [-0.4, -0.2) is 36.4 Å². The van der Waals surface area contributed by atoms with Crippen molar-refractivity contribution in [2.75, 3.05) is 16.7 Å². The number of thiol groups is 1. The number of aromatic nitrogens is 3. The number of hydrogen-bond acceptors (Lipinski definition) is 6. The number of rotatable bonds is 7. The minimum Gasteiger partial charge on any atom is -0.481 e. The number of amides is 1. The topological polar surface area (TPSA) is 117 Å². The molecule has 1 aliphatic rings. The number of ether oxygens (including phenoxy) is 1. The number of aromatic amines is 1. The van der Waals surface area contributed by atoms with Crippen LogP contribution in [0.3, 0.4) is 0 Å². The lowest BCUT2D eigenvalue weighted by molar-refractivity contribution is -0.117. The molecule has 0 aliphatic heterocycles. The van der Waals surface area contributed by atoms with Gasteiger partial charge in [0.15, 0.2) is 0 Å². The molecule has 0 bridgehead atoms. The molecule has 9 nitrogen and oxygen atoms in total. The van der Waals surface area contributed by atoms with E-state index in [9.17, 15) is 13.2 Å². The van der Waals surface area contributed by atoms with E-state index in [2.05, 4.69) is 20.3 Å². The Kier molecular flexibility index (Phi) is 5.43. The fourth-order valence-electron chi connectivity index (χ4n) is 3.65. The third kappa shape index (κ3) is 4.24. The van der Waals surface area contributed by atoms with Gasteiger partial charge in [-0.15, -0.1) is 0 Å². The van der Waals surface area contributed by atoms with Crippen molar-refractivity contribution < 1.29 is 17.9 Å². The van der Waals surface area contributed by atoms with Crippen molar-refractivity contribution in [1.29, 1.82) is 0 Å². The van der Waals surface area contributed by atoms with E-state index in [1.807, 2.05) is 24.3 Å². The van der Waals surface area contributed by atoms with E-state index in [4.69, 9.17) is 4.74 Å². The molecule has 0 atom stereocenters. The summed E-state index contributed by atoms with van der Waals surface area (Å²) in [5, 5.41) is 3.80. The van der Waals surface area contributed by atoms with Gasteiger partial charge in [0.1, 0.15) is 11.5 Å². The molecule has 1 saturated carbocycles. The minimum absolute atomic E-state index is 0.0160. The Bertz CT molecular complexity index is 1380. The van der Waals surface area contributed by atoms with Crippen molar-refractivity contribution in [3.05, 3.63) is 60.9 Å². The normalized spacial score (nSPS) is 13.3. The second-order valence-corrected chi connectivity index (χ2v) is 8.59. The second kappa shape index (κ2) is 8.55. The van der Waals surface area contributed by atoms with Gasteiger partial charge in [0.2, 0.25) is 22.7 Å². The molecular weight excluding hydrogens is 442 g/mol. The van der Waals surface area contributed by atoms with Crippen molar-refractivity contribution in [2.45, 2.75) is 12.8 Å². The number of nitrogens with one attached hydrogen (secondary N) is 2. The SMILES string of the molecule is COc1ccc(N(c2ccc(-c3cc(NC(=O)C4CC4)nc4[nH]ccc34)cc2)[SH](=O)=O)cn1. The summed E-state index contributed by atoms with van der Waals surface area (Å²) in [6, 6.07) is 14.1. The first-order valence-corrected chi connectivity index (χ1v) is 11.5. The number of carbonyl (C=O) groups excluding carboxylic acids is 1. The van der Waals surface area contributed by atoms with Gasteiger partial charge in [-0.1, -0.05) is 12.1 Å². The number of methoxy groups -OCH3 is 1. The fraction of sp³-hybridized carbons (Fsp3) is 0.174. The summed E-state index contributed by atoms with van der Waals surface area (Å²) >= 11 is 0. The summed E-state index contributed by atoms with van der Waals surface area (Å²) in [5.41, 5.74) is 3.28. The quantitative estimate of drug-likeness (QED) is 0.360. The predicted octanol–water partition coefficient (Wildman–Crippen LogP) is 3.65. The highest BCUT2D eigenvalue weighted by Gasteiger charge is 2.30. The maximum atomic E-state index is 12.2. The van der Waals surface area contributed by atoms with E-state index in [0.717, 1.165) is 29.4 Å². The molecule has 1 aromatic carbocycles. The Labute approximate surface area is 191 Å². The maximum Gasteiger partial charge on any atom is 0.229 e. The number of anilines is 3. The molecule has 1 amide bonds. The molecule has 1 fully saturated rings. The summed E-state index contributed by atoms with van der Waals surface area (Å²) in [7, 11) is -1.44. The minimum atomic E-state index is -2.94. The van der Waals surface area contributed by atoms with Gasteiger partial charge in [0.25, 0.3) is 0 Å². The van der Waals surface area contributed by atoms with E-state index in [-0.39, 0.29) is 11.8 Å². The number of H-pyrrole nitrogens is 1. The molecule has 168 valence electrons. The highest BCUT2D eigenvalue weighted by Crippen LogP contribution is 2.34. The molecule has 3 aromatic heterocycles. The first-order valence-electron chi connectivity index (χ1n) is 10.4. The van der Waals surface area contributed by atoms with Gasteiger partial charge in [-0.25, -0.2) is 22.7 Å². The molecule has 0 unspecified atom stereocenters. The zero-order valence-corrected chi connectivity index (χ0v) is 18.6. The van der Waals surface area contributed by atoms with Crippen molar-refractivity contribution in [3.8, 4) is 17.0 Å². The second-order valence-electron chi connectivity index (χ2n) is 7.71. The molecule has 33 heavy (non-hydrogen) atoms. The summed E-state index contributed by atoms with van der Waals surface area (Å²) < 4.78 is 30.2. The van der Waals surface area contributed by atoms with Gasteiger partial charge >= 0.3 is 0 Å². The molecule has 5 rings (SSSR count). The Balaban J connectivity index is 1.49. The van der Waals surface area contributed by atoms with Crippen LogP contribution in [-0.2, 0) is 15.7 Å². The monoisotopic (exact) mass is 463 g/mol. The molecule has 10 heteroatoms. The van der Waals surface area contributed by atoms with E-state index < -0.39 is 10.9 Å². The molecule has 3 heterocycles. The van der Waals surface area contributed by atoms with Crippen LogP contribution in [0.4, 0.5) is 17.2 Å². The molecule has 4 aromatic rings. The standard InChI is InChI=1S/C23H21N5O4S/c1-32-21-9-8-17(13-25-21)28(33(30)31)16-6-4-14(5-7-16)19-12-20(27-23(29)15-2-3-15)26-22-18(19)10-11-24-22/h4-13,15,33H,2-3H2,1H3,(H2,24,26,27,29). The Morgan fingerprint density at radius 1 is 1.12 bits per heavy atom. The molecular formula is C23H21N5O4S. The first-order chi connectivity index (χ1) is 16.0. The van der Waals surface area contributed by atoms with Crippen LogP contribution < -0.4 is 14.4 Å². The number of hydrogen-bond donors (Lipinski definition) is 3. The zero-order chi connectivity index (χ0) is 22.9. The number of nitrogens with zero attached hydrogens (tertiary/aromatic N) is 3. The average molecular weight is 464 g/mol. The lowest BCUT2D eigenvalue weighted by Gasteiger charge is -2.18. The summed E-state index contributed by atoms with van der Waals surface area (Å²) in [5.74, 6) is 0.932. The van der Waals surface area contributed by atoms with Crippen LogP contribution in [0.2, 0.25) is 0 Å². The van der Waals surface area contributed by atoms with Gasteiger partial charge in [-0.3, -0.25) is 4.79 Å². The van der Waals surface area contributed by atoms with E-state index in [0.29, 0.717) is 28.7 Å². The van der Waals surface area contributed by atoms with Gasteiger partial charge in [-0.2, -0.15) is 0 Å². The average Bonchev–Trinajstić information content (AvgIpc) is 3.57. The van der Waals surface area contributed by atoms with Crippen LogP contribution in [0.1, 0.15) is 12.8 Å². The number of carbonyl (C=O) groups is 1. The largest absolute Gasteiger partial charge is 0.481 e. The first kappa shape index (κ1) is 21.0. The highest BCUT2D eigenvalue weighted by atomic mass is 32.2. The Morgan fingerprint density at radius 2 is 1.88 bits per heavy atom. The van der Waals surface area contributed by atoms with Crippen molar-refractivity contribution >= 4 is 45.0 Å². The van der Waals surface area contributed by atoms with Crippen LogP contribution >= 0.6 is 0 Å². The molecule has 0 saturated heterocycles. The Morgan fingerprint density at radius 3 is 2.52 bits per heavy atom. The van der Waals surface area contributed by atoms with Crippen LogP contribution in [0, 0.1) is 5.92 Å². The smallest absolute Gasteiger partial charge is 0.229 e.